The number of fused-ring (bicyclic) bond motifs is 1. The molecule has 26 heavy (non-hydrogen) atoms. The van der Waals surface area contributed by atoms with E-state index in [-0.39, 0.29) is 11.8 Å². The third-order valence-electron chi connectivity index (χ3n) is 4.43. The number of hydrogen-bond donors (Lipinski definition) is 2. The molecule has 4 heteroatoms. The molecule has 2 N–H and O–H groups in total. The van der Waals surface area contributed by atoms with Gasteiger partial charge in [-0.3, -0.25) is 9.59 Å². The monoisotopic (exact) mass is 346 g/mol. The molecule has 0 heterocycles. The average Bonchev–Trinajstić information content (AvgIpc) is 2.65. The minimum atomic E-state index is -0.0802. The predicted octanol–water partition coefficient (Wildman–Crippen LogP) is 4.68. The van der Waals surface area contributed by atoms with E-state index >= 15 is 0 Å². The number of benzene rings is 3. The molecule has 0 aliphatic heterocycles. The van der Waals surface area contributed by atoms with E-state index in [1.165, 1.54) is 0 Å². The van der Waals surface area contributed by atoms with Crippen LogP contribution in [0.2, 0.25) is 0 Å². The molecule has 0 fully saturated rings. The number of rotatable bonds is 5. The molecule has 3 aromatic carbocycles. The van der Waals surface area contributed by atoms with Gasteiger partial charge in [-0.1, -0.05) is 55.5 Å². The summed E-state index contributed by atoms with van der Waals surface area (Å²) < 4.78 is 0. The predicted molar refractivity (Wildman–Crippen MR) is 106 cm³/mol. The Balaban J connectivity index is 1.78. The lowest BCUT2D eigenvalue weighted by Crippen LogP contribution is -2.16. The van der Waals surface area contributed by atoms with Crippen LogP contribution in [0.25, 0.3) is 10.8 Å². The van der Waals surface area contributed by atoms with Crippen molar-refractivity contribution < 1.29 is 9.59 Å². The van der Waals surface area contributed by atoms with Crippen molar-refractivity contribution in [1.82, 2.24) is 0 Å². The molecule has 0 atom stereocenters. The Hall–Kier alpha value is -3.14. The molecule has 3 aromatic rings. The Morgan fingerprint density at radius 1 is 0.808 bits per heavy atom. The molecule has 0 bridgehead atoms. The molecule has 0 aromatic heterocycles. The molecule has 0 saturated carbocycles. The maximum absolute atomic E-state index is 12.6. The molecule has 0 unspecified atom stereocenters. The zero-order chi connectivity index (χ0) is 18.5. The summed E-state index contributed by atoms with van der Waals surface area (Å²) in [6.07, 6.45) is 0.712. The molecular formula is C22H22N2O2. The molecule has 0 saturated heterocycles. The van der Waals surface area contributed by atoms with Crippen LogP contribution < -0.4 is 10.6 Å². The first-order valence-electron chi connectivity index (χ1n) is 8.74. The van der Waals surface area contributed by atoms with Crippen LogP contribution in [0.5, 0.6) is 0 Å². The smallest absolute Gasteiger partial charge is 0.228 e. The van der Waals surface area contributed by atoms with E-state index in [0.717, 1.165) is 27.6 Å². The van der Waals surface area contributed by atoms with Crippen LogP contribution in [0.3, 0.4) is 0 Å². The van der Waals surface area contributed by atoms with Gasteiger partial charge in [-0.15, -0.1) is 0 Å². The van der Waals surface area contributed by atoms with Gasteiger partial charge >= 0.3 is 0 Å². The van der Waals surface area contributed by atoms with Gasteiger partial charge in [-0.05, 0) is 41.0 Å². The molecule has 0 aliphatic carbocycles. The van der Waals surface area contributed by atoms with Crippen LogP contribution in [0, 0.1) is 6.92 Å². The van der Waals surface area contributed by atoms with E-state index in [1.807, 2.05) is 67.6 Å². The van der Waals surface area contributed by atoms with Crippen LogP contribution in [-0.2, 0) is 16.0 Å². The number of nitrogens with one attached hydrogen (secondary N) is 2. The van der Waals surface area contributed by atoms with Crippen LogP contribution in [0.15, 0.2) is 60.7 Å². The SMILES string of the molecule is CCC(=O)Nc1cccc(NC(=O)Cc2cccc3ccccc23)c1C. The lowest BCUT2D eigenvalue weighted by atomic mass is 10.0. The first-order valence-corrected chi connectivity index (χ1v) is 8.74. The highest BCUT2D eigenvalue weighted by Crippen LogP contribution is 2.24. The standard InChI is InChI=1S/C22H22N2O2/c1-3-21(25)23-19-12-7-13-20(15(19)2)24-22(26)14-17-10-6-9-16-8-4-5-11-18(16)17/h4-13H,3,14H2,1-2H3,(H,23,25)(H,24,26). The van der Waals surface area contributed by atoms with Gasteiger partial charge in [0.25, 0.3) is 0 Å². The third kappa shape index (κ3) is 3.91. The van der Waals surface area contributed by atoms with E-state index in [2.05, 4.69) is 10.6 Å². The van der Waals surface area contributed by atoms with Crippen molar-refractivity contribution in [3.8, 4) is 0 Å². The molecule has 0 spiro atoms. The fourth-order valence-electron chi connectivity index (χ4n) is 2.96. The van der Waals surface area contributed by atoms with Crippen molar-refractivity contribution in [2.75, 3.05) is 10.6 Å². The number of carbonyl (C=O) groups is 2. The molecular weight excluding hydrogens is 324 g/mol. The Morgan fingerprint density at radius 2 is 1.42 bits per heavy atom. The number of amides is 2. The lowest BCUT2D eigenvalue weighted by Gasteiger charge is -2.13. The molecule has 2 amide bonds. The van der Waals surface area contributed by atoms with E-state index < -0.39 is 0 Å². The zero-order valence-corrected chi connectivity index (χ0v) is 15.0. The van der Waals surface area contributed by atoms with Gasteiger partial charge in [0.1, 0.15) is 0 Å². The summed E-state index contributed by atoms with van der Waals surface area (Å²) >= 11 is 0. The second-order valence-corrected chi connectivity index (χ2v) is 6.24. The number of anilines is 2. The van der Waals surface area contributed by atoms with Gasteiger partial charge in [-0.25, -0.2) is 0 Å². The van der Waals surface area contributed by atoms with Gasteiger partial charge in [0.15, 0.2) is 0 Å². The molecule has 0 aliphatic rings. The first-order chi connectivity index (χ1) is 12.6. The van der Waals surface area contributed by atoms with Crippen molar-refractivity contribution in [3.05, 3.63) is 71.8 Å². The highest BCUT2D eigenvalue weighted by Gasteiger charge is 2.11. The van der Waals surface area contributed by atoms with Gasteiger partial charge < -0.3 is 10.6 Å². The summed E-state index contributed by atoms with van der Waals surface area (Å²) in [5.41, 5.74) is 3.28. The molecule has 4 nitrogen and oxygen atoms in total. The van der Waals surface area contributed by atoms with Gasteiger partial charge in [0, 0.05) is 17.8 Å². The minimum absolute atomic E-state index is 0.0488. The van der Waals surface area contributed by atoms with Crippen LogP contribution in [0.1, 0.15) is 24.5 Å². The fourth-order valence-corrected chi connectivity index (χ4v) is 2.96. The third-order valence-corrected chi connectivity index (χ3v) is 4.43. The van der Waals surface area contributed by atoms with Gasteiger partial charge in [0.2, 0.25) is 11.8 Å². The van der Waals surface area contributed by atoms with Crippen molar-refractivity contribution in [2.24, 2.45) is 0 Å². The van der Waals surface area contributed by atoms with E-state index in [1.54, 1.807) is 6.92 Å². The van der Waals surface area contributed by atoms with E-state index in [9.17, 15) is 9.59 Å². The van der Waals surface area contributed by atoms with Gasteiger partial charge in [0.05, 0.1) is 6.42 Å². The maximum atomic E-state index is 12.6. The number of hydrogen-bond acceptors (Lipinski definition) is 2. The Morgan fingerprint density at radius 3 is 2.15 bits per heavy atom. The van der Waals surface area contributed by atoms with E-state index in [0.29, 0.717) is 18.5 Å². The van der Waals surface area contributed by atoms with Crippen LogP contribution in [0.4, 0.5) is 11.4 Å². The average molecular weight is 346 g/mol. The summed E-state index contributed by atoms with van der Waals surface area (Å²) in [5, 5.41) is 8.03. The maximum Gasteiger partial charge on any atom is 0.228 e. The molecule has 132 valence electrons. The molecule has 3 rings (SSSR count). The normalized spacial score (nSPS) is 10.5. The molecule has 0 radical (unpaired) electrons. The highest BCUT2D eigenvalue weighted by atomic mass is 16.2. The summed E-state index contributed by atoms with van der Waals surface area (Å²) in [6.45, 7) is 3.69. The minimum Gasteiger partial charge on any atom is -0.326 e. The lowest BCUT2D eigenvalue weighted by molar-refractivity contribution is -0.116. The zero-order valence-electron chi connectivity index (χ0n) is 15.0. The summed E-state index contributed by atoms with van der Waals surface area (Å²) in [4.78, 5) is 24.2. The number of carbonyl (C=O) groups excluding carboxylic acids is 2. The van der Waals surface area contributed by atoms with Crippen molar-refractivity contribution >= 4 is 34.0 Å². The van der Waals surface area contributed by atoms with Gasteiger partial charge in [-0.2, -0.15) is 0 Å². The summed E-state index contributed by atoms with van der Waals surface area (Å²) in [7, 11) is 0. The largest absolute Gasteiger partial charge is 0.326 e. The topological polar surface area (TPSA) is 58.2 Å². The Bertz CT molecular complexity index is 958. The quantitative estimate of drug-likeness (QED) is 0.705. The second-order valence-electron chi connectivity index (χ2n) is 6.24. The van der Waals surface area contributed by atoms with Crippen molar-refractivity contribution in [2.45, 2.75) is 26.7 Å². The van der Waals surface area contributed by atoms with Crippen LogP contribution >= 0.6 is 0 Å². The van der Waals surface area contributed by atoms with E-state index in [4.69, 9.17) is 0 Å². The van der Waals surface area contributed by atoms with Crippen LogP contribution in [-0.4, -0.2) is 11.8 Å². The summed E-state index contributed by atoms with van der Waals surface area (Å²) in [5.74, 6) is -0.129. The van der Waals surface area contributed by atoms with Crippen molar-refractivity contribution in [3.63, 3.8) is 0 Å². The fraction of sp³-hybridized carbons (Fsp3) is 0.182. The Kier molecular flexibility index (Phi) is 5.32. The Labute approximate surface area is 153 Å². The highest BCUT2D eigenvalue weighted by molar-refractivity contribution is 5.98. The first kappa shape index (κ1) is 17.7. The van der Waals surface area contributed by atoms with Crippen molar-refractivity contribution in [1.29, 1.82) is 0 Å². The summed E-state index contributed by atoms with van der Waals surface area (Å²) in [6, 6.07) is 19.5. The second kappa shape index (κ2) is 7.83.